The SMILES string of the molecule is C=CC1CCC(COC2CCC(c3ccc(-c4ccc(OCC)c(F)c4F)cc3)CC2)CO1. The molecule has 178 valence electrons. The minimum atomic E-state index is -0.933. The number of ether oxygens (including phenoxy) is 3. The van der Waals surface area contributed by atoms with E-state index < -0.39 is 11.6 Å². The maximum Gasteiger partial charge on any atom is 0.201 e. The van der Waals surface area contributed by atoms with Gasteiger partial charge in [0.25, 0.3) is 0 Å². The Morgan fingerprint density at radius 3 is 2.36 bits per heavy atom. The zero-order valence-electron chi connectivity index (χ0n) is 19.4. The molecule has 3 nitrogen and oxygen atoms in total. The molecule has 1 heterocycles. The molecule has 1 aliphatic carbocycles. The van der Waals surface area contributed by atoms with Gasteiger partial charge in [-0.2, -0.15) is 4.39 Å². The molecule has 2 atom stereocenters. The summed E-state index contributed by atoms with van der Waals surface area (Å²) in [5, 5.41) is 0. The van der Waals surface area contributed by atoms with Gasteiger partial charge >= 0.3 is 0 Å². The summed E-state index contributed by atoms with van der Waals surface area (Å²) in [6.07, 6.45) is 8.84. The third-order valence-corrected chi connectivity index (χ3v) is 6.95. The molecule has 1 saturated carbocycles. The lowest BCUT2D eigenvalue weighted by molar-refractivity contribution is -0.0501. The molecule has 2 aromatic rings. The average molecular weight is 457 g/mol. The summed E-state index contributed by atoms with van der Waals surface area (Å²) in [5.74, 6) is -0.885. The molecule has 2 aliphatic rings. The number of benzene rings is 2. The maximum absolute atomic E-state index is 14.5. The highest BCUT2D eigenvalue weighted by molar-refractivity contribution is 5.65. The largest absolute Gasteiger partial charge is 0.491 e. The second-order valence-electron chi connectivity index (χ2n) is 9.15. The minimum Gasteiger partial charge on any atom is -0.491 e. The minimum absolute atomic E-state index is 0.0497. The molecular formula is C28H34F2O3. The van der Waals surface area contributed by atoms with Crippen LogP contribution in [0.5, 0.6) is 5.75 Å². The van der Waals surface area contributed by atoms with Crippen molar-refractivity contribution in [2.45, 2.75) is 63.6 Å². The van der Waals surface area contributed by atoms with Gasteiger partial charge in [0.2, 0.25) is 5.82 Å². The van der Waals surface area contributed by atoms with E-state index in [0.29, 0.717) is 30.1 Å². The van der Waals surface area contributed by atoms with Crippen LogP contribution in [-0.4, -0.2) is 32.0 Å². The van der Waals surface area contributed by atoms with Crippen molar-refractivity contribution in [1.82, 2.24) is 0 Å². The highest BCUT2D eigenvalue weighted by Gasteiger charge is 2.25. The summed E-state index contributed by atoms with van der Waals surface area (Å²) < 4.78 is 45.9. The van der Waals surface area contributed by atoms with E-state index in [9.17, 15) is 8.78 Å². The normalized spacial score (nSPS) is 25.5. The van der Waals surface area contributed by atoms with Gasteiger partial charge in [-0.3, -0.25) is 0 Å². The quantitative estimate of drug-likeness (QED) is 0.398. The van der Waals surface area contributed by atoms with E-state index in [1.165, 1.54) is 11.6 Å². The van der Waals surface area contributed by atoms with Crippen LogP contribution in [-0.2, 0) is 9.47 Å². The van der Waals surface area contributed by atoms with Crippen LogP contribution < -0.4 is 4.74 Å². The first-order chi connectivity index (χ1) is 16.1. The van der Waals surface area contributed by atoms with Gasteiger partial charge in [-0.05, 0) is 74.6 Å². The van der Waals surface area contributed by atoms with Crippen molar-refractivity contribution in [1.29, 1.82) is 0 Å². The highest BCUT2D eigenvalue weighted by atomic mass is 19.2. The molecule has 0 N–H and O–H groups in total. The van der Waals surface area contributed by atoms with Crippen molar-refractivity contribution >= 4 is 0 Å². The molecule has 0 bridgehead atoms. The summed E-state index contributed by atoms with van der Waals surface area (Å²) in [7, 11) is 0. The molecule has 1 aliphatic heterocycles. The van der Waals surface area contributed by atoms with Crippen LogP contribution in [0.4, 0.5) is 8.78 Å². The van der Waals surface area contributed by atoms with Crippen LogP contribution in [0.15, 0.2) is 49.1 Å². The Morgan fingerprint density at radius 2 is 1.73 bits per heavy atom. The van der Waals surface area contributed by atoms with Crippen molar-refractivity contribution < 1.29 is 23.0 Å². The molecule has 2 fully saturated rings. The van der Waals surface area contributed by atoms with Gasteiger partial charge in [0.05, 0.1) is 32.0 Å². The monoisotopic (exact) mass is 456 g/mol. The summed E-state index contributed by atoms with van der Waals surface area (Å²) >= 11 is 0. The number of rotatable bonds is 8. The highest BCUT2D eigenvalue weighted by Crippen LogP contribution is 2.36. The summed E-state index contributed by atoms with van der Waals surface area (Å²) in [6, 6.07) is 10.9. The smallest absolute Gasteiger partial charge is 0.201 e. The van der Waals surface area contributed by atoms with Gasteiger partial charge in [0.15, 0.2) is 11.6 Å². The molecule has 0 radical (unpaired) electrons. The van der Waals surface area contributed by atoms with E-state index in [1.54, 1.807) is 13.0 Å². The number of hydrogen-bond donors (Lipinski definition) is 0. The van der Waals surface area contributed by atoms with E-state index in [0.717, 1.165) is 51.7 Å². The summed E-state index contributed by atoms with van der Waals surface area (Å²) in [5.41, 5.74) is 2.18. The third-order valence-electron chi connectivity index (χ3n) is 6.95. The third kappa shape index (κ3) is 5.82. The molecule has 0 spiro atoms. The Bertz CT molecular complexity index is 911. The molecule has 4 rings (SSSR count). The number of hydrogen-bond acceptors (Lipinski definition) is 3. The van der Waals surface area contributed by atoms with Crippen LogP contribution in [0.2, 0.25) is 0 Å². The first-order valence-corrected chi connectivity index (χ1v) is 12.2. The Morgan fingerprint density at radius 1 is 0.970 bits per heavy atom. The lowest BCUT2D eigenvalue weighted by atomic mass is 9.82. The first-order valence-electron chi connectivity index (χ1n) is 12.2. The second kappa shape index (κ2) is 11.3. The Kier molecular flexibility index (Phi) is 8.15. The van der Waals surface area contributed by atoms with E-state index >= 15 is 0 Å². The van der Waals surface area contributed by atoms with Crippen LogP contribution >= 0.6 is 0 Å². The molecule has 5 heteroatoms. The van der Waals surface area contributed by atoms with Crippen molar-refractivity contribution in [3.63, 3.8) is 0 Å². The Labute approximate surface area is 195 Å². The molecule has 0 aromatic heterocycles. The van der Waals surface area contributed by atoms with Crippen molar-refractivity contribution in [3.05, 3.63) is 66.3 Å². The van der Waals surface area contributed by atoms with Crippen molar-refractivity contribution in [3.8, 4) is 16.9 Å². The molecule has 33 heavy (non-hydrogen) atoms. The van der Waals surface area contributed by atoms with Crippen LogP contribution in [0.25, 0.3) is 11.1 Å². The van der Waals surface area contributed by atoms with E-state index in [-0.39, 0.29) is 17.4 Å². The average Bonchev–Trinajstić information content (AvgIpc) is 2.87. The van der Waals surface area contributed by atoms with Crippen LogP contribution in [0, 0.1) is 17.6 Å². The van der Waals surface area contributed by atoms with E-state index in [2.05, 4.69) is 6.58 Å². The molecule has 0 amide bonds. The first kappa shape index (κ1) is 23.9. The maximum atomic E-state index is 14.5. The fraction of sp³-hybridized carbons (Fsp3) is 0.500. The predicted octanol–water partition coefficient (Wildman–Crippen LogP) is 7.05. The van der Waals surface area contributed by atoms with Gasteiger partial charge in [0, 0.05) is 11.5 Å². The Balaban J connectivity index is 1.28. The topological polar surface area (TPSA) is 27.7 Å². The second-order valence-corrected chi connectivity index (χ2v) is 9.15. The van der Waals surface area contributed by atoms with E-state index in [4.69, 9.17) is 14.2 Å². The fourth-order valence-electron chi connectivity index (χ4n) is 4.94. The van der Waals surface area contributed by atoms with Crippen molar-refractivity contribution in [2.24, 2.45) is 5.92 Å². The fourth-order valence-corrected chi connectivity index (χ4v) is 4.94. The molecule has 1 saturated heterocycles. The molecular weight excluding hydrogens is 422 g/mol. The Hall–Kier alpha value is -2.24. The lowest BCUT2D eigenvalue weighted by Crippen LogP contribution is -2.30. The zero-order valence-corrected chi connectivity index (χ0v) is 19.4. The predicted molar refractivity (Wildman–Crippen MR) is 127 cm³/mol. The van der Waals surface area contributed by atoms with Gasteiger partial charge in [-0.25, -0.2) is 4.39 Å². The van der Waals surface area contributed by atoms with Crippen LogP contribution in [0.3, 0.4) is 0 Å². The lowest BCUT2D eigenvalue weighted by Gasteiger charge is -2.32. The van der Waals surface area contributed by atoms with Gasteiger partial charge in [-0.1, -0.05) is 30.3 Å². The number of halogens is 2. The molecule has 2 unspecified atom stereocenters. The van der Waals surface area contributed by atoms with Gasteiger partial charge in [-0.15, -0.1) is 6.58 Å². The van der Waals surface area contributed by atoms with Crippen molar-refractivity contribution in [2.75, 3.05) is 19.8 Å². The zero-order chi connectivity index (χ0) is 23.2. The van der Waals surface area contributed by atoms with E-state index in [1.807, 2.05) is 30.3 Å². The standard InChI is InChI=1S/C28H34F2O3/c1-3-23-12-5-19(17-32-23)18-33-24-13-10-21(11-14-24)20-6-8-22(9-7-20)25-15-16-26(31-4-2)28(30)27(25)29/h3,6-9,15-16,19,21,23-24H,1,4-5,10-14,17-18H2,2H3. The van der Waals surface area contributed by atoms with Gasteiger partial charge in [0.1, 0.15) is 0 Å². The van der Waals surface area contributed by atoms with Gasteiger partial charge < -0.3 is 14.2 Å². The van der Waals surface area contributed by atoms with Crippen LogP contribution in [0.1, 0.15) is 56.9 Å². The summed E-state index contributed by atoms with van der Waals surface area (Å²) in [6.45, 7) is 7.38. The summed E-state index contributed by atoms with van der Waals surface area (Å²) in [4.78, 5) is 0. The molecule has 2 aromatic carbocycles.